The lowest BCUT2D eigenvalue weighted by Gasteiger charge is -2.29. The van der Waals surface area contributed by atoms with Gasteiger partial charge in [-0.3, -0.25) is 18.9 Å². The fraction of sp³-hybridized carbons (Fsp3) is 0.379. The molecule has 1 saturated carbocycles. The zero-order valence-corrected chi connectivity index (χ0v) is 23.1. The molecular weight excluding hydrogens is 538 g/mol. The van der Waals surface area contributed by atoms with Crippen molar-refractivity contribution in [3.05, 3.63) is 81.6 Å². The fourth-order valence-electron chi connectivity index (χ4n) is 5.25. The number of carbonyl (C=O) groups is 1. The maximum absolute atomic E-state index is 13.6. The van der Waals surface area contributed by atoms with Gasteiger partial charge in [0.05, 0.1) is 45.7 Å². The molecule has 0 bridgehead atoms. The zero-order valence-electron chi connectivity index (χ0n) is 22.3. The zero-order chi connectivity index (χ0) is 28.4. The molecule has 4 aromatic rings. The van der Waals surface area contributed by atoms with Crippen LogP contribution in [0.15, 0.2) is 59.7 Å². The summed E-state index contributed by atoms with van der Waals surface area (Å²) >= 11 is 6.03. The summed E-state index contributed by atoms with van der Waals surface area (Å²) in [5.74, 6) is -2.44. The van der Waals surface area contributed by atoms with Gasteiger partial charge in [0.25, 0.3) is 11.8 Å². The topological polar surface area (TPSA) is 93.8 Å². The van der Waals surface area contributed by atoms with Crippen LogP contribution in [0.1, 0.15) is 48.7 Å². The maximum Gasteiger partial charge on any atom is 0.333 e. The van der Waals surface area contributed by atoms with Crippen LogP contribution in [0.3, 0.4) is 0 Å². The number of alkyl halides is 2. The highest BCUT2D eigenvalue weighted by atomic mass is 35.5. The number of hydrogen-bond acceptors (Lipinski definition) is 5. The average molecular weight is 569 g/mol. The van der Waals surface area contributed by atoms with Gasteiger partial charge in [-0.05, 0) is 68.9 Å². The van der Waals surface area contributed by atoms with Gasteiger partial charge in [0.1, 0.15) is 5.82 Å². The van der Waals surface area contributed by atoms with Gasteiger partial charge in [0, 0.05) is 25.7 Å². The molecule has 0 unspecified atom stereocenters. The molecule has 0 radical (unpaired) electrons. The first-order valence-electron chi connectivity index (χ1n) is 13.3. The summed E-state index contributed by atoms with van der Waals surface area (Å²) in [7, 11) is 0. The number of nitrogens with zero attached hydrogens (tertiary/aromatic N) is 4. The Balaban J connectivity index is 1.28. The standard InChI is InChI=1S/C29H31ClF2N6O2/c1-18-23(13-20(30)14-33-18)27(39)36-21-9-7-19(8-10-21)16-37-24-5-3-4-6-25(24)38(28(37)40)22-11-12-26(34-15-22)35-17-29(2,31)32/h3-6,11-15,19,21H,7-10,16-17H2,1-2H3,(H,34,35)(H,36,39). The fourth-order valence-corrected chi connectivity index (χ4v) is 5.41. The molecule has 1 aliphatic carbocycles. The summed E-state index contributed by atoms with van der Waals surface area (Å²) in [5.41, 5.74) is 3.07. The first-order chi connectivity index (χ1) is 19.1. The molecule has 40 heavy (non-hydrogen) atoms. The summed E-state index contributed by atoms with van der Waals surface area (Å²) in [6, 6.07) is 12.6. The van der Waals surface area contributed by atoms with E-state index in [4.69, 9.17) is 11.6 Å². The van der Waals surface area contributed by atoms with Crippen molar-refractivity contribution in [2.24, 2.45) is 5.92 Å². The third-order valence-corrected chi connectivity index (χ3v) is 7.55. The Bertz CT molecular complexity index is 1570. The number of rotatable bonds is 8. The van der Waals surface area contributed by atoms with Crippen LogP contribution in [0.4, 0.5) is 14.6 Å². The van der Waals surface area contributed by atoms with Crippen LogP contribution in [-0.2, 0) is 6.54 Å². The highest BCUT2D eigenvalue weighted by molar-refractivity contribution is 6.30. The molecule has 0 spiro atoms. The number of nitrogens with one attached hydrogen (secondary N) is 2. The SMILES string of the molecule is Cc1ncc(Cl)cc1C(=O)NC1CCC(Cn2c(=O)n(-c3ccc(NCC(C)(F)F)nc3)c3ccccc32)CC1. The predicted octanol–water partition coefficient (Wildman–Crippen LogP) is 5.60. The number of anilines is 1. The number of halogens is 3. The van der Waals surface area contributed by atoms with Gasteiger partial charge in [-0.2, -0.15) is 0 Å². The van der Waals surface area contributed by atoms with E-state index < -0.39 is 12.5 Å². The van der Waals surface area contributed by atoms with E-state index in [1.807, 2.05) is 24.3 Å². The molecule has 1 amide bonds. The molecule has 3 heterocycles. The third kappa shape index (κ3) is 6.17. The number of fused-ring (bicyclic) bond motifs is 1. The minimum absolute atomic E-state index is 0.0473. The average Bonchev–Trinajstić information content (AvgIpc) is 3.20. The lowest BCUT2D eigenvalue weighted by atomic mass is 9.85. The Morgan fingerprint density at radius 1 is 1.07 bits per heavy atom. The van der Waals surface area contributed by atoms with Gasteiger partial charge in [0.2, 0.25) is 0 Å². The summed E-state index contributed by atoms with van der Waals surface area (Å²) in [4.78, 5) is 34.8. The maximum atomic E-state index is 13.6. The van der Waals surface area contributed by atoms with E-state index >= 15 is 0 Å². The number of amides is 1. The molecule has 1 aliphatic rings. The van der Waals surface area contributed by atoms with Crippen molar-refractivity contribution in [3.63, 3.8) is 0 Å². The van der Waals surface area contributed by atoms with Crippen molar-refractivity contribution in [1.29, 1.82) is 0 Å². The van der Waals surface area contributed by atoms with Crippen LogP contribution in [0.5, 0.6) is 0 Å². The first kappa shape index (κ1) is 27.8. The summed E-state index contributed by atoms with van der Waals surface area (Å²) in [5, 5.41) is 6.15. The smallest absolute Gasteiger partial charge is 0.333 e. The molecule has 11 heteroatoms. The minimum Gasteiger partial charge on any atom is -0.364 e. The Hall–Kier alpha value is -3.79. The van der Waals surface area contributed by atoms with Crippen molar-refractivity contribution >= 4 is 34.4 Å². The van der Waals surface area contributed by atoms with Crippen molar-refractivity contribution in [3.8, 4) is 5.69 Å². The highest BCUT2D eigenvalue weighted by Crippen LogP contribution is 2.28. The number of benzene rings is 1. The molecule has 1 fully saturated rings. The van der Waals surface area contributed by atoms with E-state index in [0.717, 1.165) is 43.6 Å². The Morgan fingerprint density at radius 2 is 1.80 bits per heavy atom. The van der Waals surface area contributed by atoms with Crippen molar-refractivity contribution in [2.45, 2.75) is 58.0 Å². The summed E-state index contributed by atoms with van der Waals surface area (Å²) in [6.07, 6.45) is 6.40. The van der Waals surface area contributed by atoms with Crippen LogP contribution in [0, 0.1) is 12.8 Å². The second-order valence-electron chi connectivity index (χ2n) is 10.5. The molecule has 210 valence electrons. The Labute approximate surface area is 235 Å². The van der Waals surface area contributed by atoms with E-state index in [2.05, 4.69) is 20.6 Å². The second kappa shape index (κ2) is 11.4. The molecule has 3 aromatic heterocycles. The summed E-state index contributed by atoms with van der Waals surface area (Å²) < 4.78 is 29.8. The molecular formula is C29H31ClF2N6O2. The van der Waals surface area contributed by atoms with Gasteiger partial charge >= 0.3 is 5.69 Å². The van der Waals surface area contributed by atoms with E-state index in [1.165, 1.54) is 12.4 Å². The van der Waals surface area contributed by atoms with Crippen LogP contribution in [0.2, 0.25) is 5.02 Å². The first-order valence-corrected chi connectivity index (χ1v) is 13.7. The highest BCUT2D eigenvalue weighted by Gasteiger charge is 2.26. The van der Waals surface area contributed by atoms with Gasteiger partial charge in [-0.15, -0.1) is 0 Å². The number of pyridine rings is 2. The lowest BCUT2D eigenvalue weighted by Crippen LogP contribution is -2.39. The van der Waals surface area contributed by atoms with E-state index in [9.17, 15) is 18.4 Å². The predicted molar refractivity (Wildman–Crippen MR) is 152 cm³/mol. The molecule has 8 nitrogen and oxygen atoms in total. The van der Waals surface area contributed by atoms with E-state index in [-0.39, 0.29) is 23.6 Å². The molecule has 5 rings (SSSR count). The minimum atomic E-state index is -2.86. The van der Waals surface area contributed by atoms with Crippen molar-refractivity contribution in [1.82, 2.24) is 24.4 Å². The van der Waals surface area contributed by atoms with Gasteiger partial charge in [-0.25, -0.2) is 18.6 Å². The van der Waals surface area contributed by atoms with Crippen LogP contribution in [0.25, 0.3) is 16.7 Å². The molecule has 1 aromatic carbocycles. The van der Waals surface area contributed by atoms with Gasteiger partial charge in [-0.1, -0.05) is 23.7 Å². The van der Waals surface area contributed by atoms with Gasteiger partial charge in [0.15, 0.2) is 0 Å². The van der Waals surface area contributed by atoms with E-state index in [0.29, 0.717) is 34.3 Å². The third-order valence-electron chi connectivity index (χ3n) is 7.34. The largest absolute Gasteiger partial charge is 0.364 e. The Morgan fingerprint density at radius 3 is 2.48 bits per heavy atom. The number of carbonyl (C=O) groups excluding carboxylic acids is 1. The van der Waals surface area contributed by atoms with Crippen LogP contribution >= 0.6 is 11.6 Å². The van der Waals surface area contributed by atoms with Gasteiger partial charge < -0.3 is 10.6 Å². The molecule has 0 aliphatic heterocycles. The van der Waals surface area contributed by atoms with Crippen LogP contribution < -0.4 is 16.3 Å². The van der Waals surface area contributed by atoms with Crippen molar-refractivity contribution < 1.29 is 13.6 Å². The lowest BCUT2D eigenvalue weighted by molar-refractivity contribution is 0.0367. The normalized spacial score (nSPS) is 17.6. The number of aromatic nitrogens is 4. The molecule has 0 saturated heterocycles. The monoisotopic (exact) mass is 568 g/mol. The number of hydrogen-bond donors (Lipinski definition) is 2. The van der Waals surface area contributed by atoms with Crippen molar-refractivity contribution in [2.75, 3.05) is 11.9 Å². The second-order valence-corrected chi connectivity index (χ2v) is 11.0. The quantitative estimate of drug-likeness (QED) is 0.289. The number of imidazole rings is 1. The molecule has 2 N–H and O–H groups in total. The van der Waals surface area contributed by atoms with Crippen LogP contribution in [-0.4, -0.2) is 43.5 Å². The number of aryl methyl sites for hydroxylation is 1. The number of para-hydroxylation sites is 2. The molecule has 0 atom stereocenters. The van der Waals surface area contributed by atoms with E-state index in [1.54, 1.807) is 34.3 Å². The Kier molecular flexibility index (Phi) is 7.89. The summed E-state index contributed by atoms with van der Waals surface area (Å²) in [6.45, 7) is 2.65.